The maximum atomic E-state index is 5.87. The predicted octanol–water partition coefficient (Wildman–Crippen LogP) is 3.68. The summed E-state index contributed by atoms with van der Waals surface area (Å²) in [4.78, 5) is 1.92. The first-order chi connectivity index (χ1) is 9.40. The summed E-state index contributed by atoms with van der Waals surface area (Å²) in [6, 6.07) is 10.6. The molecule has 0 saturated heterocycles. The van der Waals surface area contributed by atoms with Crippen molar-refractivity contribution in [2.45, 2.75) is 19.4 Å². The van der Waals surface area contributed by atoms with Crippen molar-refractivity contribution in [2.75, 3.05) is 11.9 Å². The molecule has 0 spiro atoms. The zero-order valence-corrected chi connectivity index (χ0v) is 13.0. The number of nitrogens with zero attached hydrogens (tertiary/aromatic N) is 2. The fourth-order valence-electron chi connectivity index (χ4n) is 2.67. The average Bonchev–Trinajstić information content (AvgIpc) is 2.81. The van der Waals surface area contributed by atoms with Gasteiger partial charge in [0.25, 0.3) is 5.17 Å². The second kappa shape index (κ2) is 4.35. The first kappa shape index (κ1) is 13.2. The summed E-state index contributed by atoms with van der Waals surface area (Å²) in [7, 11) is 4.00. The Labute approximate surface area is 124 Å². The number of anilines is 1. The fourth-order valence-corrected chi connectivity index (χ4v) is 2.98. The van der Waals surface area contributed by atoms with Crippen molar-refractivity contribution in [3.05, 3.63) is 42.1 Å². The Morgan fingerprint density at radius 3 is 2.55 bits per heavy atom. The van der Waals surface area contributed by atoms with E-state index in [0.29, 0.717) is 5.17 Å². The lowest BCUT2D eigenvalue weighted by atomic mass is 9.92. The second-order valence-corrected chi connectivity index (χ2v) is 6.02. The van der Waals surface area contributed by atoms with E-state index in [1.165, 1.54) is 11.3 Å². The van der Waals surface area contributed by atoms with Gasteiger partial charge in [0.05, 0.1) is 5.69 Å². The van der Waals surface area contributed by atoms with Crippen molar-refractivity contribution in [3.63, 3.8) is 0 Å². The van der Waals surface area contributed by atoms with Crippen molar-refractivity contribution in [2.24, 2.45) is 7.05 Å². The fraction of sp³-hybridized carbons (Fsp3) is 0.312. The highest BCUT2D eigenvalue weighted by atomic mass is 32.1. The molecule has 4 heteroatoms. The number of fused-ring (bicyclic) bond motifs is 1. The predicted molar refractivity (Wildman–Crippen MR) is 86.0 cm³/mol. The number of thiocarbonyl (C=S) groups is 1. The van der Waals surface area contributed by atoms with Crippen LogP contribution in [-0.2, 0) is 17.4 Å². The molecule has 20 heavy (non-hydrogen) atoms. The van der Waals surface area contributed by atoms with Crippen LogP contribution in [-0.4, -0.2) is 16.8 Å². The molecule has 1 aliphatic heterocycles. The van der Waals surface area contributed by atoms with Crippen molar-refractivity contribution in [3.8, 4) is 11.3 Å². The largest absolute Gasteiger partial charge is 0.460 e. The number of rotatable bonds is 1. The van der Waals surface area contributed by atoms with Crippen LogP contribution in [0.5, 0.6) is 0 Å². The molecule has 0 radical (unpaired) electrons. The van der Waals surface area contributed by atoms with E-state index < -0.39 is 5.60 Å². The van der Waals surface area contributed by atoms with Crippen LogP contribution in [0.25, 0.3) is 11.3 Å². The molecule has 0 bridgehead atoms. The molecular formula is C16H18N2OS. The number of benzene rings is 1. The van der Waals surface area contributed by atoms with Crippen LogP contribution in [0.2, 0.25) is 0 Å². The van der Waals surface area contributed by atoms with Crippen LogP contribution in [0.4, 0.5) is 5.69 Å². The topological polar surface area (TPSA) is 17.4 Å². The van der Waals surface area contributed by atoms with E-state index in [0.717, 1.165) is 11.3 Å². The van der Waals surface area contributed by atoms with Gasteiger partial charge in [-0.25, -0.2) is 0 Å². The van der Waals surface area contributed by atoms with Gasteiger partial charge in [-0.05, 0) is 55.9 Å². The van der Waals surface area contributed by atoms with E-state index in [-0.39, 0.29) is 0 Å². The van der Waals surface area contributed by atoms with E-state index in [4.69, 9.17) is 17.0 Å². The van der Waals surface area contributed by atoms with E-state index in [9.17, 15) is 0 Å². The van der Waals surface area contributed by atoms with Gasteiger partial charge in [-0.15, -0.1) is 0 Å². The molecule has 2 heterocycles. The third-order valence-corrected chi connectivity index (χ3v) is 4.22. The lowest BCUT2D eigenvalue weighted by Crippen LogP contribution is -2.40. The smallest absolute Gasteiger partial charge is 0.264 e. The Balaban J connectivity index is 2.18. The van der Waals surface area contributed by atoms with Gasteiger partial charge in [0.1, 0.15) is 5.60 Å². The van der Waals surface area contributed by atoms with Gasteiger partial charge in [0.2, 0.25) is 0 Å². The van der Waals surface area contributed by atoms with Gasteiger partial charge in [0, 0.05) is 31.5 Å². The second-order valence-electron chi connectivity index (χ2n) is 5.67. The Kier molecular flexibility index (Phi) is 2.87. The molecule has 0 amide bonds. The van der Waals surface area contributed by atoms with E-state index >= 15 is 0 Å². The number of hydrogen-bond acceptors (Lipinski definition) is 2. The van der Waals surface area contributed by atoms with E-state index in [1.807, 2.05) is 11.9 Å². The van der Waals surface area contributed by atoms with Crippen molar-refractivity contribution >= 4 is 23.1 Å². The standard InChI is InChI=1S/C16H18N2OS/c1-16(2)12-10-11(13-6-5-9-17(13)3)7-8-14(12)18(4)15(20)19-16/h5-10H,1-4H3. The Bertz CT molecular complexity index is 688. The molecule has 1 aromatic carbocycles. The molecule has 1 aromatic heterocycles. The van der Waals surface area contributed by atoms with Crippen LogP contribution in [0, 0.1) is 0 Å². The number of ether oxygens (including phenoxy) is 1. The molecule has 0 N–H and O–H groups in total. The summed E-state index contributed by atoms with van der Waals surface area (Å²) in [6.45, 7) is 4.11. The molecule has 1 aliphatic rings. The zero-order valence-electron chi connectivity index (χ0n) is 12.2. The zero-order chi connectivity index (χ0) is 14.5. The van der Waals surface area contributed by atoms with E-state index in [2.05, 4.69) is 62.0 Å². The van der Waals surface area contributed by atoms with Gasteiger partial charge in [-0.3, -0.25) is 0 Å². The van der Waals surface area contributed by atoms with Gasteiger partial charge >= 0.3 is 0 Å². The van der Waals surface area contributed by atoms with Crippen molar-refractivity contribution in [1.82, 2.24) is 4.57 Å². The molecule has 0 atom stereocenters. The van der Waals surface area contributed by atoms with Crippen molar-refractivity contribution < 1.29 is 4.74 Å². The lowest BCUT2D eigenvalue weighted by Gasteiger charge is -2.39. The number of aryl methyl sites for hydroxylation is 1. The lowest BCUT2D eigenvalue weighted by molar-refractivity contribution is 0.0904. The number of aromatic nitrogens is 1. The SMILES string of the molecule is CN1C(=S)OC(C)(C)c2cc(-c3cccn3C)ccc21. The molecule has 3 rings (SSSR count). The molecule has 0 fully saturated rings. The first-order valence-electron chi connectivity index (χ1n) is 6.63. The first-order valence-corrected chi connectivity index (χ1v) is 7.04. The Hall–Kier alpha value is -1.81. The normalized spacial score (nSPS) is 16.8. The third-order valence-electron chi connectivity index (χ3n) is 3.86. The molecule has 104 valence electrons. The highest BCUT2D eigenvalue weighted by molar-refractivity contribution is 7.80. The van der Waals surface area contributed by atoms with Gasteiger partial charge in [-0.1, -0.05) is 6.07 Å². The van der Waals surface area contributed by atoms with Crippen molar-refractivity contribution in [1.29, 1.82) is 0 Å². The molecule has 0 saturated carbocycles. The third kappa shape index (κ3) is 1.91. The van der Waals surface area contributed by atoms with Gasteiger partial charge in [0.15, 0.2) is 0 Å². The summed E-state index contributed by atoms with van der Waals surface area (Å²) >= 11 is 5.29. The summed E-state index contributed by atoms with van der Waals surface area (Å²) in [6.07, 6.45) is 2.05. The van der Waals surface area contributed by atoms with Crippen LogP contribution < -0.4 is 4.90 Å². The van der Waals surface area contributed by atoms with Gasteiger partial charge < -0.3 is 14.2 Å². The molecule has 0 aliphatic carbocycles. The van der Waals surface area contributed by atoms with E-state index in [1.54, 1.807) is 0 Å². The molecule has 2 aromatic rings. The maximum absolute atomic E-state index is 5.87. The Morgan fingerprint density at radius 2 is 1.90 bits per heavy atom. The minimum absolute atomic E-state index is 0.403. The van der Waals surface area contributed by atoms with Crippen LogP contribution in [0.15, 0.2) is 36.5 Å². The van der Waals surface area contributed by atoms with Crippen LogP contribution in [0.3, 0.4) is 0 Å². The maximum Gasteiger partial charge on any atom is 0.264 e. The minimum atomic E-state index is -0.403. The van der Waals surface area contributed by atoms with Crippen LogP contribution >= 0.6 is 12.2 Å². The molecule has 0 unspecified atom stereocenters. The Morgan fingerprint density at radius 1 is 1.15 bits per heavy atom. The summed E-state index contributed by atoms with van der Waals surface area (Å²) in [5.41, 5.74) is 4.25. The molecule has 3 nitrogen and oxygen atoms in total. The monoisotopic (exact) mass is 286 g/mol. The summed E-state index contributed by atoms with van der Waals surface area (Å²) in [5, 5.41) is 0.522. The summed E-state index contributed by atoms with van der Waals surface area (Å²) < 4.78 is 7.98. The summed E-state index contributed by atoms with van der Waals surface area (Å²) in [5.74, 6) is 0. The minimum Gasteiger partial charge on any atom is -0.460 e. The quantitative estimate of drug-likeness (QED) is 0.745. The highest BCUT2D eigenvalue weighted by Crippen LogP contribution is 2.40. The molecular weight excluding hydrogens is 268 g/mol. The average molecular weight is 286 g/mol. The van der Waals surface area contributed by atoms with Gasteiger partial charge in [-0.2, -0.15) is 0 Å². The number of hydrogen-bond donors (Lipinski definition) is 0. The van der Waals surface area contributed by atoms with Crippen LogP contribution in [0.1, 0.15) is 19.4 Å². The highest BCUT2D eigenvalue weighted by Gasteiger charge is 2.34.